The van der Waals surface area contributed by atoms with Crippen LogP contribution >= 0.6 is 11.3 Å². The van der Waals surface area contributed by atoms with Gasteiger partial charge in [0.15, 0.2) is 22.5 Å². The molecule has 2 aromatic carbocycles. The number of fused-ring (bicyclic) bond motifs is 1. The summed E-state index contributed by atoms with van der Waals surface area (Å²) in [5.74, 6) is -3.87. The summed E-state index contributed by atoms with van der Waals surface area (Å²) in [7, 11) is -3.90. The third-order valence-electron chi connectivity index (χ3n) is 4.16. The average molecular weight is 442 g/mol. The Balaban J connectivity index is 1.62. The van der Waals surface area contributed by atoms with E-state index >= 15 is 0 Å². The van der Waals surface area contributed by atoms with Gasteiger partial charge in [-0.1, -0.05) is 6.07 Å². The molecule has 0 aliphatic carbocycles. The maximum Gasteiger partial charge on any atom is 0.263 e. The molecule has 0 saturated heterocycles. The number of aromatic nitrogens is 1. The van der Waals surface area contributed by atoms with Gasteiger partial charge in [-0.05, 0) is 6.07 Å². The molecule has 1 aliphatic rings. The number of rotatable bonds is 5. The molecule has 0 spiro atoms. The van der Waals surface area contributed by atoms with E-state index in [2.05, 4.69) is 9.71 Å². The predicted molar refractivity (Wildman–Crippen MR) is 99.2 cm³/mol. The minimum atomic E-state index is -3.90. The van der Waals surface area contributed by atoms with Gasteiger partial charge in [-0.3, -0.25) is 4.72 Å². The van der Waals surface area contributed by atoms with Crippen molar-refractivity contribution in [2.24, 2.45) is 0 Å². The number of sulfonamides is 1. The maximum atomic E-state index is 13.9. The van der Waals surface area contributed by atoms with Gasteiger partial charge in [0.05, 0.1) is 11.5 Å². The number of halogens is 3. The predicted octanol–water partition coefficient (Wildman–Crippen LogP) is 4.26. The highest BCUT2D eigenvalue weighted by atomic mass is 32.2. The molecule has 0 radical (unpaired) electrons. The molecule has 4 rings (SSSR count). The zero-order valence-electron chi connectivity index (χ0n) is 14.6. The first-order chi connectivity index (χ1) is 13.8. The van der Waals surface area contributed by atoms with E-state index < -0.39 is 39.3 Å². The maximum absolute atomic E-state index is 13.9. The Bertz CT molecular complexity index is 1130. The summed E-state index contributed by atoms with van der Waals surface area (Å²) in [6.07, 6.45) is 0.942. The molecule has 3 aromatic rings. The zero-order valence-corrected chi connectivity index (χ0v) is 16.2. The van der Waals surface area contributed by atoms with Gasteiger partial charge in [0.2, 0.25) is 0 Å². The van der Waals surface area contributed by atoms with Crippen molar-refractivity contribution < 1.29 is 31.1 Å². The number of nitrogens with zero attached hydrogens (tertiary/aromatic N) is 1. The Labute approximate surface area is 168 Å². The second-order valence-electron chi connectivity index (χ2n) is 6.08. The van der Waals surface area contributed by atoms with E-state index in [-0.39, 0.29) is 28.8 Å². The summed E-state index contributed by atoms with van der Waals surface area (Å²) >= 11 is 1.13. The molecular weight excluding hydrogens is 429 g/mol. The van der Waals surface area contributed by atoms with E-state index in [4.69, 9.17) is 9.47 Å². The summed E-state index contributed by atoms with van der Waals surface area (Å²) in [6, 6.07) is 5.14. The lowest BCUT2D eigenvalue weighted by molar-refractivity contribution is 0.125. The van der Waals surface area contributed by atoms with Crippen LogP contribution in [0, 0.1) is 17.5 Å². The Morgan fingerprint density at radius 1 is 1.17 bits per heavy atom. The number of thiazole rings is 1. The van der Waals surface area contributed by atoms with Crippen molar-refractivity contribution in [2.75, 3.05) is 11.3 Å². The highest BCUT2D eigenvalue weighted by Crippen LogP contribution is 2.38. The largest absolute Gasteiger partial charge is 0.493 e. The van der Waals surface area contributed by atoms with Crippen LogP contribution in [0.3, 0.4) is 0 Å². The van der Waals surface area contributed by atoms with Gasteiger partial charge in [0.1, 0.15) is 17.7 Å². The normalized spacial score (nSPS) is 16.0. The van der Waals surface area contributed by atoms with Gasteiger partial charge in [-0.25, -0.2) is 26.6 Å². The van der Waals surface area contributed by atoms with Crippen LogP contribution in [0.1, 0.15) is 18.1 Å². The molecule has 1 atom stereocenters. The van der Waals surface area contributed by atoms with E-state index in [1.165, 1.54) is 24.4 Å². The summed E-state index contributed by atoms with van der Waals surface area (Å²) in [5, 5.41) is 1.84. The fourth-order valence-electron chi connectivity index (χ4n) is 2.86. The molecule has 1 N–H and O–H groups in total. The van der Waals surface area contributed by atoms with Crippen molar-refractivity contribution in [3.05, 3.63) is 64.9 Å². The molecule has 0 saturated carbocycles. The van der Waals surface area contributed by atoms with E-state index in [1.807, 2.05) is 0 Å². The van der Waals surface area contributed by atoms with Crippen LogP contribution in [-0.2, 0) is 10.0 Å². The number of hydrogen-bond donors (Lipinski definition) is 1. The van der Waals surface area contributed by atoms with Gasteiger partial charge in [-0.15, -0.1) is 11.3 Å². The first-order valence-electron chi connectivity index (χ1n) is 8.34. The lowest BCUT2D eigenvalue weighted by Gasteiger charge is -2.27. The van der Waals surface area contributed by atoms with Crippen LogP contribution in [0.4, 0.5) is 18.3 Å². The first kappa shape index (κ1) is 19.5. The molecule has 2 heterocycles. The van der Waals surface area contributed by atoms with E-state index in [9.17, 15) is 21.6 Å². The lowest BCUT2D eigenvalue weighted by atomic mass is 10.0. The molecular formula is C18H13F3N2O4S2. The topological polar surface area (TPSA) is 77.5 Å². The minimum Gasteiger partial charge on any atom is -0.493 e. The number of nitrogens with one attached hydrogen (secondary N) is 1. The van der Waals surface area contributed by atoms with Gasteiger partial charge >= 0.3 is 0 Å². The van der Waals surface area contributed by atoms with Gasteiger partial charge < -0.3 is 9.47 Å². The molecule has 0 amide bonds. The minimum absolute atomic E-state index is 0.0637. The molecule has 11 heteroatoms. The van der Waals surface area contributed by atoms with E-state index in [0.29, 0.717) is 17.7 Å². The van der Waals surface area contributed by atoms with Crippen molar-refractivity contribution in [1.29, 1.82) is 0 Å². The number of hydrogen-bond acceptors (Lipinski definition) is 6. The van der Waals surface area contributed by atoms with Gasteiger partial charge in [0.25, 0.3) is 10.0 Å². The average Bonchev–Trinajstić information content (AvgIpc) is 3.16. The molecule has 1 aromatic heterocycles. The molecule has 29 heavy (non-hydrogen) atoms. The second kappa shape index (κ2) is 7.56. The van der Waals surface area contributed by atoms with Crippen molar-refractivity contribution >= 4 is 26.5 Å². The van der Waals surface area contributed by atoms with Crippen molar-refractivity contribution in [1.82, 2.24) is 4.98 Å². The molecule has 6 nitrogen and oxygen atoms in total. The van der Waals surface area contributed by atoms with E-state index in [1.54, 1.807) is 5.38 Å². The smallest absolute Gasteiger partial charge is 0.263 e. The summed E-state index contributed by atoms with van der Waals surface area (Å²) in [5.41, 5.74) is 0.424. The molecule has 1 aliphatic heterocycles. The van der Waals surface area contributed by atoms with Crippen LogP contribution in [-0.4, -0.2) is 20.0 Å². The Hall–Kier alpha value is -2.79. The quantitative estimate of drug-likeness (QED) is 0.639. The fourth-order valence-corrected chi connectivity index (χ4v) is 4.66. The highest BCUT2D eigenvalue weighted by molar-refractivity contribution is 7.93. The summed E-state index contributed by atoms with van der Waals surface area (Å²) in [4.78, 5) is 3.81. The van der Waals surface area contributed by atoms with Crippen LogP contribution in [0.5, 0.6) is 11.5 Å². The standard InChI is InChI=1S/C18H13F3N2O4S2/c19-10-7-13(20)17(14(21)8-10)27-15-3-5-26-16-9-11(1-2-12(15)16)29(24,25)23-18-22-4-6-28-18/h1-2,4,6-9,15H,3,5H2,(H,22,23). The second-order valence-corrected chi connectivity index (χ2v) is 8.66. The Morgan fingerprint density at radius 3 is 2.62 bits per heavy atom. The third-order valence-corrected chi connectivity index (χ3v) is 6.31. The van der Waals surface area contributed by atoms with E-state index in [0.717, 1.165) is 11.3 Å². The van der Waals surface area contributed by atoms with Gasteiger partial charge in [-0.2, -0.15) is 0 Å². The number of ether oxygens (including phenoxy) is 2. The SMILES string of the molecule is O=S(=O)(Nc1nccs1)c1ccc2c(c1)OCCC2Oc1c(F)cc(F)cc1F. The van der Waals surface area contributed by atoms with Crippen LogP contribution in [0.25, 0.3) is 0 Å². The van der Waals surface area contributed by atoms with Crippen LogP contribution in [0.2, 0.25) is 0 Å². The zero-order chi connectivity index (χ0) is 20.6. The Kier molecular flexibility index (Phi) is 5.09. The van der Waals surface area contributed by atoms with Crippen molar-refractivity contribution in [3.8, 4) is 11.5 Å². The highest BCUT2D eigenvalue weighted by Gasteiger charge is 2.28. The molecule has 1 unspecified atom stereocenters. The number of anilines is 1. The fraction of sp³-hybridized carbons (Fsp3) is 0.167. The molecule has 0 fully saturated rings. The van der Waals surface area contributed by atoms with Crippen molar-refractivity contribution in [2.45, 2.75) is 17.4 Å². The number of benzene rings is 2. The van der Waals surface area contributed by atoms with Gasteiger partial charge in [0, 0.05) is 41.8 Å². The lowest BCUT2D eigenvalue weighted by Crippen LogP contribution is -2.20. The first-order valence-corrected chi connectivity index (χ1v) is 10.7. The van der Waals surface area contributed by atoms with Crippen molar-refractivity contribution in [3.63, 3.8) is 0 Å². The Morgan fingerprint density at radius 2 is 1.93 bits per heavy atom. The monoisotopic (exact) mass is 442 g/mol. The summed E-state index contributed by atoms with van der Waals surface area (Å²) in [6.45, 7) is 0.144. The van der Waals surface area contributed by atoms with Crippen LogP contribution < -0.4 is 14.2 Å². The van der Waals surface area contributed by atoms with Crippen LogP contribution in [0.15, 0.2) is 46.8 Å². The molecule has 0 bridgehead atoms. The third kappa shape index (κ3) is 4.01. The summed E-state index contributed by atoms with van der Waals surface area (Å²) < 4.78 is 79.2. The molecule has 152 valence electrons.